The summed E-state index contributed by atoms with van der Waals surface area (Å²) in [7, 11) is -1.86. The Balaban J connectivity index is 1.70. The van der Waals surface area contributed by atoms with Crippen LogP contribution in [0.1, 0.15) is 48.0 Å². The molecular formula is C21H26N2O3S. The summed E-state index contributed by atoms with van der Waals surface area (Å²) in [6, 6.07) is 13.7. The van der Waals surface area contributed by atoms with Gasteiger partial charge >= 0.3 is 0 Å². The summed E-state index contributed by atoms with van der Waals surface area (Å²) < 4.78 is 27.2. The molecule has 1 N–H and O–H groups in total. The molecule has 1 fully saturated rings. The number of sulfonamides is 1. The fourth-order valence-corrected chi connectivity index (χ4v) is 4.84. The van der Waals surface area contributed by atoms with Crippen LogP contribution < -0.4 is 5.32 Å². The molecule has 27 heavy (non-hydrogen) atoms. The van der Waals surface area contributed by atoms with Crippen LogP contribution in [-0.4, -0.2) is 31.7 Å². The predicted octanol–water partition coefficient (Wildman–Crippen LogP) is 4.20. The van der Waals surface area contributed by atoms with Crippen LogP contribution in [0.5, 0.6) is 0 Å². The highest BCUT2D eigenvalue weighted by Crippen LogP contribution is 2.27. The third-order valence-electron chi connectivity index (χ3n) is 5.19. The van der Waals surface area contributed by atoms with Gasteiger partial charge in [-0.05, 0) is 56.2 Å². The minimum Gasteiger partial charge on any atom is -0.322 e. The van der Waals surface area contributed by atoms with E-state index in [9.17, 15) is 13.2 Å². The largest absolute Gasteiger partial charge is 0.322 e. The van der Waals surface area contributed by atoms with Crippen LogP contribution in [0.2, 0.25) is 0 Å². The summed E-state index contributed by atoms with van der Waals surface area (Å²) in [5.74, 6) is -0.218. The van der Waals surface area contributed by atoms with Gasteiger partial charge in [-0.15, -0.1) is 0 Å². The maximum absolute atomic E-state index is 12.9. The van der Waals surface area contributed by atoms with Crippen LogP contribution in [0.4, 0.5) is 5.69 Å². The van der Waals surface area contributed by atoms with E-state index >= 15 is 0 Å². The van der Waals surface area contributed by atoms with Gasteiger partial charge in [0.1, 0.15) is 0 Å². The van der Waals surface area contributed by atoms with Crippen molar-refractivity contribution in [3.05, 3.63) is 59.7 Å². The molecule has 0 atom stereocenters. The van der Waals surface area contributed by atoms with E-state index in [1.807, 2.05) is 19.1 Å². The summed E-state index contributed by atoms with van der Waals surface area (Å²) in [5, 5.41) is 2.80. The minimum absolute atomic E-state index is 0.0738. The van der Waals surface area contributed by atoms with Gasteiger partial charge in [-0.1, -0.05) is 37.0 Å². The van der Waals surface area contributed by atoms with E-state index in [4.69, 9.17) is 0 Å². The van der Waals surface area contributed by atoms with Crippen LogP contribution in [0.15, 0.2) is 53.4 Å². The van der Waals surface area contributed by atoms with Crippen molar-refractivity contribution in [1.29, 1.82) is 0 Å². The van der Waals surface area contributed by atoms with Gasteiger partial charge in [0, 0.05) is 24.3 Å². The van der Waals surface area contributed by atoms with Crippen LogP contribution in [0, 0.1) is 6.92 Å². The van der Waals surface area contributed by atoms with Crippen molar-refractivity contribution in [1.82, 2.24) is 4.31 Å². The van der Waals surface area contributed by atoms with E-state index in [1.165, 1.54) is 10.7 Å². The molecule has 0 saturated heterocycles. The number of rotatable bonds is 5. The van der Waals surface area contributed by atoms with Gasteiger partial charge in [0.2, 0.25) is 10.0 Å². The van der Waals surface area contributed by atoms with Gasteiger partial charge in [0.05, 0.1) is 4.90 Å². The van der Waals surface area contributed by atoms with Gasteiger partial charge in [-0.25, -0.2) is 8.42 Å². The number of nitrogens with one attached hydrogen (secondary N) is 1. The molecule has 0 aliphatic heterocycles. The standard InChI is InChI=1S/C21H26N2O3S/c1-16-8-10-17(11-9-16)21(24)22-18-12-14-20(15-13-18)27(25,26)23(2)19-6-4-3-5-7-19/h8-15,19H,3-7H2,1-2H3,(H,22,24). The van der Waals surface area contributed by atoms with Crippen LogP contribution >= 0.6 is 0 Å². The number of carbonyl (C=O) groups excluding carboxylic acids is 1. The highest BCUT2D eigenvalue weighted by molar-refractivity contribution is 7.89. The van der Waals surface area contributed by atoms with Crippen molar-refractivity contribution in [3.8, 4) is 0 Å². The Morgan fingerprint density at radius 2 is 1.56 bits per heavy atom. The molecular weight excluding hydrogens is 360 g/mol. The Morgan fingerprint density at radius 3 is 2.15 bits per heavy atom. The van der Waals surface area contributed by atoms with Gasteiger partial charge in [-0.3, -0.25) is 4.79 Å². The molecule has 1 saturated carbocycles. The SMILES string of the molecule is Cc1ccc(C(=O)Nc2ccc(S(=O)(=O)N(C)C3CCCCC3)cc2)cc1. The summed E-state index contributed by atoms with van der Waals surface area (Å²) in [4.78, 5) is 12.5. The van der Waals surface area contributed by atoms with E-state index in [2.05, 4.69) is 5.32 Å². The van der Waals surface area contributed by atoms with E-state index < -0.39 is 10.0 Å². The van der Waals surface area contributed by atoms with Crippen molar-refractivity contribution in [2.75, 3.05) is 12.4 Å². The van der Waals surface area contributed by atoms with Gasteiger partial charge in [-0.2, -0.15) is 4.31 Å². The van der Waals surface area contributed by atoms with Crippen LogP contribution in [0.3, 0.4) is 0 Å². The Labute approximate surface area is 161 Å². The van der Waals surface area contributed by atoms with E-state index in [0.717, 1.165) is 31.2 Å². The number of anilines is 1. The molecule has 0 unspecified atom stereocenters. The molecule has 1 aliphatic rings. The van der Waals surface area contributed by atoms with E-state index in [0.29, 0.717) is 11.3 Å². The molecule has 1 aliphatic carbocycles. The summed E-state index contributed by atoms with van der Waals surface area (Å²) in [6.07, 6.45) is 5.17. The molecule has 0 radical (unpaired) electrons. The molecule has 144 valence electrons. The number of nitrogens with zero attached hydrogens (tertiary/aromatic N) is 1. The van der Waals surface area contributed by atoms with Crippen molar-refractivity contribution < 1.29 is 13.2 Å². The molecule has 0 spiro atoms. The lowest BCUT2D eigenvalue weighted by atomic mass is 9.96. The fourth-order valence-electron chi connectivity index (χ4n) is 3.43. The molecule has 0 aromatic heterocycles. The molecule has 0 bridgehead atoms. The maximum Gasteiger partial charge on any atom is 0.255 e. The highest BCUT2D eigenvalue weighted by Gasteiger charge is 2.28. The quantitative estimate of drug-likeness (QED) is 0.837. The Morgan fingerprint density at radius 1 is 0.963 bits per heavy atom. The van der Waals surface area contributed by atoms with Crippen molar-refractivity contribution in [2.45, 2.75) is 50.0 Å². The molecule has 6 heteroatoms. The fraction of sp³-hybridized carbons (Fsp3) is 0.381. The van der Waals surface area contributed by atoms with Gasteiger partial charge in [0.15, 0.2) is 0 Å². The van der Waals surface area contributed by atoms with Crippen LogP contribution in [0.25, 0.3) is 0 Å². The van der Waals surface area contributed by atoms with Gasteiger partial charge < -0.3 is 5.32 Å². The lowest BCUT2D eigenvalue weighted by Gasteiger charge is -2.30. The van der Waals surface area contributed by atoms with Crippen molar-refractivity contribution >= 4 is 21.6 Å². The maximum atomic E-state index is 12.9. The first kappa shape index (κ1) is 19.6. The van der Waals surface area contributed by atoms with E-state index in [-0.39, 0.29) is 16.8 Å². The highest BCUT2D eigenvalue weighted by atomic mass is 32.2. The third-order valence-corrected chi connectivity index (χ3v) is 7.12. The molecule has 3 rings (SSSR count). The zero-order valence-corrected chi connectivity index (χ0v) is 16.6. The second-order valence-corrected chi connectivity index (χ2v) is 9.16. The second-order valence-electron chi connectivity index (χ2n) is 7.16. The topological polar surface area (TPSA) is 66.5 Å². The molecule has 2 aromatic carbocycles. The number of hydrogen-bond acceptors (Lipinski definition) is 3. The van der Waals surface area contributed by atoms with Gasteiger partial charge in [0.25, 0.3) is 5.91 Å². The Bertz CT molecular complexity index is 884. The first-order valence-corrected chi connectivity index (χ1v) is 10.8. The monoisotopic (exact) mass is 386 g/mol. The predicted molar refractivity (Wildman–Crippen MR) is 107 cm³/mol. The molecule has 1 amide bonds. The Kier molecular flexibility index (Phi) is 5.97. The first-order chi connectivity index (χ1) is 12.9. The first-order valence-electron chi connectivity index (χ1n) is 9.34. The number of aryl methyl sites for hydroxylation is 1. The molecule has 2 aromatic rings. The molecule has 5 nitrogen and oxygen atoms in total. The van der Waals surface area contributed by atoms with E-state index in [1.54, 1.807) is 43.4 Å². The minimum atomic E-state index is -3.52. The third kappa shape index (κ3) is 4.57. The number of carbonyl (C=O) groups is 1. The Hall–Kier alpha value is -2.18. The summed E-state index contributed by atoms with van der Waals surface area (Å²) in [6.45, 7) is 1.96. The average Bonchev–Trinajstić information content (AvgIpc) is 2.69. The lowest BCUT2D eigenvalue weighted by Crippen LogP contribution is -2.38. The second kappa shape index (κ2) is 8.23. The zero-order chi connectivity index (χ0) is 19.4. The molecule has 0 heterocycles. The summed E-state index contributed by atoms with van der Waals surface area (Å²) in [5.41, 5.74) is 2.22. The number of hydrogen-bond donors (Lipinski definition) is 1. The normalized spacial score (nSPS) is 15.7. The van der Waals surface area contributed by atoms with Crippen LogP contribution in [-0.2, 0) is 10.0 Å². The number of amides is 1. The zero-order valence-electron chi connectivity index (χ0n) is 15.8. The average molecular weight is 387 g/mol. The van der Waals surface area contributed by atoms with Crippen molar-refractivity contribution in [3.63, 3.8) is 0 Å². The smallest absolute Gasteiger partial charge is 0.255 e. The number of benzene rings is 2. The summed E-state index contributed by atoms with van der Waals surface area (Å²) >= 11 is 0. The lowest BCUT2D eigenvalue weighted by molar-refractivity contribution is 0.102. The van der Waals surface area contributed by atoms with Crippen molar-refractivity contribution in [2.24, 2.45) is 0 Å².